The zero-order chi connectivity index (χ0) is 19.5. The van der Waals surface area contributed by atoms with Crippen molar-refractivity contribution in [1.82, 2.24) is 0 Å². The maximum Gasteiger partial charge on any atom is 0.0626 e. The standard InChI is InChI=1S/C10H14/c1-9(2)8-10-6-4-3-5-7-10/h3-7,9H,8H2,1-2H3/i1D3,2D3,3D,4D,5D,6D,7D,8D2,9D. The molecular weight excluding hydrogens is 120 g/mol. The highest BCUT2D eigenvalue weighted by molar-refractivity contribution is 5.14. The van der Waals surface area contributed by atoms with Gasteiger partial charge in [0.1, 0.15) is 0 Å². The Morgan fingerprint density at radius 1 is 1.60 bits per heavy atom. The van der Waals surface area contributed by atoms with E-state index in [4.69, 9.17) is 19.2 Å². The monoisotopic (exact) mass is 148 g/mol. The van der Waals surface area contributed by atoms with Gasteiger partial charge in [0.2, 0.25) is 0 Å². The van der Waals surface area contributed by atoms with Crippen molar-refractivity contribution >= 4 is 0 Å². The van der Waals surface area contributed by atoms with Crippen LogP contribution < -0.4 is 0 Å². The maximum atomic E-state index is 7.97. The van der Waals surface area contributed by atoms with Crippen LogP contribution in [0.2, 0.25) is 0 Å². The van der Waals surface area contributed by atoms with Crippen LogP contribution in [0.15, 0.2) is 30.2 Å². The molecule has 0 saturated heterocycles. The Kier molecular flexibility index (Phi) is 0.393. The van der Waals surface area contributed by atoms with Crippen molar-refractivity contribution in [2.24, 2.45) is 5.89 Å². The average Bonchev–Trinajstić information content (AvgIpc) is 2.39. The van der Waals surface area contributed by atoms with Crippen molar-refractivity contribution in [1.29, 1.82) is 0 Å². The molecule has 0 atom stereocenters. The van der Waals surface area contributed by atoms with Crippen LogP contribution in [0, 0.1) is 5.89 Å². The highest BCUT2D eigenvalue weighted by Gasteiger charge is 1.94. The summed E-state index contributed by atoms with van der Waals surface area (Å²) in [7, 11) is 0. The minimum absolute atomic E-state index is 0.845. The molecule has 0 saturated carbocycles. The van der Waals surface area contributed by atoms with Gasteiger partial charge in [-0.3, -0.25) is 0 Å². The molecule has 0 amide bonds. The Hall–Kier alpha value is -0.780. The summed E-state index contributed by atoms with van der Waals surface area (Å²) in [5.41, 5.74) is -1.17. The molecule has 0 heteroatoms. The predicted molar refractivity (Wildman–Crippen MR) is 45.0 cm³/mol. The van der Waals surface area contributed by atoms with Gasteiger partial charge in [-0.15, -0.1) is 0 Å². The lowest BCUT2D eigenvalue weighted by Gasteiger charge is -2.02. The number of hydrogen-bond donors (Lipinski definition) is 0. The van der Waals surface area contributed by atoms with Crippen LogP contribution in [0.4, 0.5) is 0 Å². The molecule has 0 unspecified atom stereocenters. The van der Waals surface area contributed by atoms with Gasteiger partial charge in [0.25, 0.3) is 0 Å². The Labute approximate surface area is 82.6 Å². The Morgan fingerprint density at radius 2 is 2.30 bits per heavy atom. The van der Waals surface area contributed by atoms with Crippen molar-refractivity contribution in [3.63, 3.8) is 0 Å². The van der Waals surface area contributed by atoms with E-state index in [2.05, 4.69) is 0 Å². The largest absolute Gasteiger partial charge is 0.0626 e. The van der Waals surface area contributed by atoms with Crippen molar-refractivity contribution < 1.29 is 19.2 Å². The topological polar surface area (TPSA) is 0 Å². The summed E-state index contributed by atoms with van der Waals surface area (Å²) in [6.45, 7) is -7.32. The van der Waals surface area contributed by atoms with E-state index in [1.807, 2.05) is 0 Å². The van der Waals surface area contributed by atoms with Gasteiger partial charge >= 0.3 is 0 Å². The molecule has 0 fully saturated rings. The first-order chi connectivity index (χ1) is 10.4. The molecule has 1 rings (SSSR count). The van der Waals surface area contributed by atoms with Crippen LogP contribution in [-0.4, -0.2) is 0 Å². The lowest BCUT2D eigenvalue weighted by atomic mass is 10.0. The molecular formula is C10H14. The van der Waals surface area contributed by atoms with Crippen molar-refractivity contribution in [3.8, 4) is 0 Å². The molecule has 0 aliphatic rings. The Bertz CT molecular complexity index is 608. The lowest BCUT2D eigenvalue weighted by Crippen LogP contribution is -1.92. The fourth-order valence-corrected chi connectivity index (χ4v) is 0.438. The van der Waals surface area contributed by atoms with E-state index in [0.717, 1.165) is 0 Å². The van der Waals surface area contributed by atoms with Crippen molar-refractivity contribution in [3.05, 3.63) is 35.8 Å². The number of benzene rings is 1. The zero-order valence-corrected chi connectivity index (χ0v) is 5.00. The molecule has 1 aromatic rings. The first kappa shape index (κ1) is 1.16. The SMILES string of the molecule is [2H]c1c([2H])c([2H])c(C([2H])([2H])C([2H])(C([2H])([2H])[2H])C([2H])([2H])[2H])c([2H])c1[2H]. The number of rotatable bonds is 2. The third kappa shape index (κ3) is 2.22. The second-order valence-electron chi connectivity index (χ2n) is 1.50. The van der Waals surface area contributed by atoms with E-state index in [9.17, 15) is 0 Å². The molecule has 0 heterocycles. The third-order valence-electron chi connectivity index (χ3n) is 0.750. The summed E-state index contributed by atoms with van der Waals surface area (Å²) in [4.78, 5) is 0. The van der Waals surface area contributed by atoms with Gasteiger partial charge in [0, 0.05) is 12.3 Å². The molecule has 0 spiro atoms. The summed E-state index contributed by atoms with van der Waals surface area (Å²) in [6.07, 6.45) is -3.59. The van der Waals surface area contributed by atoms with E-state index in [-0.39, 0.29) is 0 Å². The zero-order valence-electron chi connectivity index (χ0n) is 19.0. The van der Waals surface area contributed by atoms with E-state index < -0.39 is 61.7 Å². The fraction of sp³-hybridized carbons (Fsp3) is 0.400. The van der Waals surface area contributed by atoms with Crippen LogP contribution in [0.5, 0.6) is 0 Å². The van der Waals surface area contributed by atoms with Gasteiger partial charge in [0.05, 0.1) is 6.85 Å². The normalized spacial score (nSPS) is 35.6. The minimum atomic E-state index is -3.75. The van der Waals surface area contributed by atoms with Gasteiger partial charge in [-0.25, -0.2) is 0 Å². The van der Waals surface area contributed by atoms with Crippen molar-refractivity contribution in [2.45, 2.75) is 20.1 Å². The molecule has 0 aliphatic heterocycles. The lowest BCUT2D eigenvalue weighted by molar-refractivity contribution is 0.647. The van der Waals surface area contributed by atoms with Crippen molar-refractivity contribution in [2.75, 3.05) is 0 Å². The molecule has 1 aromatic carbocycles. The molecule has 0 nitrogen and oxygen atoms in total. The second-order valence-corrected chi connectivity index (χ2v) is 1.50. The summed E-state index contributed by atoms with van der Waals surface area (Å²) < 4.78 is 106. The molecule has 0 aromatic heterocycles. The van der Waals surface area contributed by atoms with Crippen LogP contribution in [0.1, 0.15) is 38.5 Å². The van der Waals surface area contributed by atoms with Crippen LogP contribution in [0.25, 0.3) is 0 Å². The summed E-state index contributed by atoms with van der Waals surface area (Å²) in [5, 5.41) is 0. The van der Waals surface area contributed by atoms with Gasteiger partial charge in [-0.05, 0) is 17.8 Å². The predicted octanol–water partition coefficient (Wildman–Crippen LogP) is 2.89. The van der Waals surface area contributed by atoms with E-state index in [0.29, 0.717) is 0 Å². The maximum absolute atomic E-state index is 7.97. The highest BCUT2D eigenvalue weighted by Crippen LogP contribution is 2.05. The van der Waals surface area contributed by atoms with E-state index >= 15 is 0 Å². The first-order valence-corrected chi connectivity index (χ1v) is 2.50. The second kappa shape index (κ2) is 3.40. The molecule has 0 N–H and O–H groups in total. The Morgan fingerprint density at radius 3 is 2.90 bits per heavy atom. The average molecular weight is 148 g/mol. The molecule has 0 aliphatic carbocycles. The highest BCUT2D eigenvalue weighted by atomic mass is 14.0. The smallest absolute Gasteiger partial charge is 0.0625 e. The van der Waals surface area contributed by atoms with E-state index in [1.54, 1.807) is 0 Å². The van der Waals surface area contributed by atoms with Crippen LogP contribution in [0.3, 0.4) is 0 Å². The third-order valence-corrected chi connectivity index (χ3v) is 0.750. The van der Waals surface area contributed by atoms with Gasteiger partial charge in [-0.1, -0.05) is 43.9 Å². The molecule has 0 radical (unpaired) electrons. The van der Waals surface area contributed by atoms with Gasteiger partial charge in [-0.2, -0.15) is 0 Å². The minimum Gasteiger partial charge on any atom is -0.0625 e. The summed E-state index contributed by atoms with van der Waals surface area (Å²) in [5.74, 6) is -3.75. The van der Waals surface area contributed by atoms with Gasteiger partial charge < -0.3 is 0 Å². The van der Waals surface area contributed by atoms with Gasteiger partial charge in [0.15, 0.2) is 0 Å². The molecule has 10 heavy (non-hydrogen) atoms. The summed E-state index contributed by atoms with van der Waals surface area (Å²) >= 11 is 0. The summed E-state index contributed by atoms with van der Waals surface area (Å²) in [6, 6.07) is -4.92. The Balaban J connectivity index is 3.97. The number of hydrogen-bond acceptors (Lipinski definition) is 0. The van der Waals surface area contributed by atoms with E-state index in [1.165, 1.54) is 0 Å². The van der Waals surface area contributed by atoms with Crippen LogP contribution in [-0.2, 0) is 6.37 Å². The quantitative estimate of drug-likeness (QED) is 0.605. The molecule has 54 valence electrons. The first-order valence-electron chi connectivity index (χ1n) is 9.50. The fourth-order valence-electron chi connectivity index (χ4n) is 0.438. The van der Waals surface area contributed by atoms with Crippen LogP contribution >= 0.6 is 0 Å². The molecule has 0 bridgehead atoms.